The van der Waals surface area contributed by atoms with Crippen molar-refractivity contribution in [1.82, 2.24) is 26.1 Å². The molecule has 2 atom stereocenters. The van der Waals surface area contributed by atoms with Gasteiger partial charge in [0.2, 0.25) is 5.91 Å². The van der Waals surface area contributed by atoms with Gasteiger partial charge in [0.05, 0.1) is 11.3 Å². The van der Waals surface area contributed by atoms with Crippen LogP contribution in [0.25, 0.3) is 10.9 Å². The fourth-order valence-corrected chi connectivity index (χ4v) is 3.65. The first-order valence-corrected chi connectivity index (χ1v) is 9.08. The van der Waals surface area contributed by atoms with E-state index < -0.39 is 0 Å². The fourth-order valence-electron chi connectivity index (χ4n) is 2.75. The Bertz CT molecular complexity index is 723. The lowest BCUT2D eigenvalue weighted by Crippen LogP contribution is -2.36. The summed E-state index contributed by atoms with van der Waals surface area (Å²) in [5.74, 6) is 0.487. The summed E-state index contributed by atoms with van der Waals surface area (Å²) in [6, 6.07) is 10.5. The van der Waals surface area contributed by atoms with E-state index in [0.29, 0.717) is 5.75 Å². The van der Waals surface area contributed by atoms with E-state index in [1.54, 1.807) is 18.0 Å². The number of rotatable bonds is 5. The number of carbonyl (C=O) groups excluding carboxylic acids is 1. The van der Waals surface area contributed by atoms with Crippen molar-refractivity contribution in [3.8, 4) is 0 Å². The van der Waals surface area contributed by atoms with Gasteiger partial charge in [-0.05, 0) is 44.7 Å². The first-order valence-electron chi connectivity index (χ1n) is 8.03. The Kier molecular flexibility index (Phi) is 5.35. The molecule has 0 radical (unpaired) electrons. The zero-order chi connectivity index (χ0) is 17.1. The summed E-state index contributed by atoms with van der Waals surface area (Å²) in [5.41, 5.74) is 8.76. The highest BCUT2D eigenvalue weighted by atomic mass is 32.2. The average molecular weight is 345 g/mol. The maximum atomic E-state index is 11.8. The number of aromatic nitrogens is 1. The van der Waals surface area contributed by atoms with Crippen LogP contribution in [0, 0.1) is 0 Å². The van der Waals surface area contributed by atoms with E-state index in [1.165, 1.54) is 5.56 Å². The van der Waals surface area contributed by atoms with Gasteiger partial charge in [0.1, 0.15) is 11.7 Å². The highest BCUT2D eigenvalue weighted by Crippen LogP contribution is 2.28. The Morgan fingerprint density at radius 1 is 1.38 bits per heavy atom. The van der Waals surface area contributed by atoms with E-state index in [2.05, 4.69) is 44.3 Å². The molecule has 24 heavy (non-hydrogen) atoms. The third kappa shape index (κ3) is 3.87. The standard InChI is InChI=1S/C17H23N5OS/c1-11(2)19-15(23)10-24-17-21-20-16(22(17)3)13-6-7-14-12(9-13)5-4-8-18-14/h4-9,11,16-17,20-21H,10H2,1-3H3,(H,19,23). The number of hydrazine groups is 1. The lowest BCUT2D eigenvalue weighted by atomic mass is 10.1. The highest BCUT2D eigenvalue weighted by molar-refractivity contribution is 8.00. The Morgan fingerprint density at radius 3 is 3.00 bits per heavy atom. The number of nitrogens with zero attached hydrogens (tertiary/aromatic N) is 2. The van der Waals surface area contributed by atoms with Crippen molar-refractivity contribution in [2.75, 3.05) is 12.8 Å². The molecule has 1 fully saturated rings. The molecule has 7 heteroatoms. The van der Waals surface area contributed by atoms with Crippen LogP contribution in [0.4, 0.5) is 0 Å². The van der Waals surface area contributed by atoms with Crippen molar-refractivity contribution in [3.63, 3.8) is 0 Å². The lowest BCUT2D eigenvalue weighted by Gasteiger charge is -2.23. The zero-order valence-corrected chi connectivity index (χ0v) is 14.9. The van der Waals surface area contributed by atoms with Crippen LogP contribution in [0.1, 0.15) is 25.6 Å². The van der Waals surface area contributed by atoms with Gasteiger partial charge in [0.25, 0.3) is 0 Å². The molecule has 1 aliphatic rings. The molecule has 1 aromatic carbocycles. The molecule has 1 saturated heterocycles. The van der Waals surface area contributed by atoms with E-state index in [4.69, 9.17) is 0 Å². The topological polar surface area (TPSA) is 69.3 Å². The largest absolute Gasteiger partial charge is 0.353 e. The lowest BCUT2D eigenvalue weighted by molar-refractivity contribution is -0.119. The van der Waals surface area contributed by atoms with Crippen molar-refractivity contribution < 1.29 is 4.79 Å². The molecule has 3 N–H and O–H groups in total. The number of pyridine rings is 1. The minimum atomic E-state index is 0.0394. The number of thioether (sulfide) groups is 1. The summed E-state index contributed by atoms with van der Waals surface area (Å²) in [4.78, 5) is 18.4. The molecule has 0 saturated carbocycles. The summed E-state index contributed by atoms with van der Waals surface area (Å²) < 4.78 is 0. The van der Waals surface area contributed by atoms with E-state index in [-0.39, 0.29) is 23.6 Å². The molecule has 3 rings (SSSR count). The van der Waals surface area contributed by atoms with Gasteiger partial charge in [0, 0.05) is 17.6 Å². The molecule has 1 aliphatic heterocycles. The van der Waals surface area contributed by atoms with Crippen LogP contribution < -0.4 is 16.2 Å². The predicted octanol–water partition coefficient (Wildman–Crippen LogP) is 1.81. The molecule has 0 spiro atoms. The Labute approximate surface area is 146 Å². The molecular weight excluding hydrogens is 322 g/mol. The molecule has 2 heterocycles. The van der Waals surface area contributed by atoms with Gasteiger partial charge < -0.3 is 5.32 Å². The second kappa shape index (κ2) is 7.48. The van der Waals surface area contributed by atoms with E-state index in [1.807, 2.05) is 33.0 Å². The molecule has 0 bridgehead atoms. The second-order valence-electron chi connectivity index (χ2n) is 6.20. The van der Waals surface area contributed by atoms with Crippen molar-refractivity contribution >= 4 is 28.6 Å². The number of nitrogens with one attached hydrogen (secondary N) is 3. The summed E-state index contributed by atoms with van der Waals surface area (Å²) in [7, 11) is 2.04. The van der Waals surface area contributed by atoms with Crippen molar-refractivity contribution in [2.24, 2.45) is 0 Å². The number of benzene rings is 1. The van der Waals surface area contributed by atoms with Crippen LogP contribution in [0.2, 0.25) is 0 Å². The van der Waals surface area contributed by atoms with Gasteiger partial charge in [-0.25, -0.2) is 10.9 Å². The van der Waals surface area contributed by atoms with Gasteiger partial charge in [-0.3, -0.25) is 14.7 Å². The maximum Gasteiger partial charge on any atom is 0.230 e. The van der Waals surface area contributed by atoms with Crippen molar-refractivity contribution in [3.05, 3.63) is 42.1 Å². The van der Waals surface area contributed by atoms with E-state index in [9.17, 15) is 4.79 Å². The zero-order valence-electron chi connectivity index (χ0n) is 14.1. The Hall–Kier alpha value is -1.67. The molecule has 1 aromatic heterocycles. The minimum absolute atomic E-state index is 0.0394. The summed E-state index contributed by atoms with van der Waals surface area (Å²) in [6.45, 7) is 3.93. The predicted molar refractivity (Wildman–Crippen MR) is 98.0 cm³/mol. The van der Waals surface area contributed by atoms with Crippen LogP contribution in [-0.4, -0.2) is 40.1 Å². The molecule has 2 unspecified atom stereocenters. The Morgan fingerprint density at radius 2 is 2.21 bits per heavy atom. The molecule has 6 nitrogen and oxygen atoms in total. The summed E-state index contributed by atoms with van der Waals surface area (Å²) >= 11 is 1.57. The number of carbonyl (C=O) groups is 1. The third-order valence-corrected chi connectivity index (χ3v) is 5.08. The third-order valence-electron chi connectivity index (χ3n) is 3.89. The molecular formula is C17H23N5OS. The average Bonchev–Trinajstić information content (AvgIpc) is 2.92. The van der Waals surface area contributed by atoms with E-state index in [0.717, 1.165) is 10.9 Å². The number of fused-ring (bicyclic) bond motifs is 1. The van der Waals surface area contributed by atoms with Crippen LogP contribution in [0.5, 0.6) is 0 Å². The number of amides is 1. The summed E-state index contributed by atoms with van der Waals surface area (Å²) in [5, 5.41) is 4.03. The van der Waals surface area contributed by atoms with Crippen LogP contribution >= 0.6 is 11.8 Å². The van der Waals surface area contributed by atoms with E-state index >= 15 is 0 Å². The van der Waals surface area contributed by atoms with Crippen LogP contribution in [-0.2, 0) is 4.79 Å². The smallest absolute Gasteiger partial charge is 0.230 e. The maximum absolute atomic E-state index is 11.8. The molecule has 0 aliphatic carbocycles. The van der Waals surface area contributed by atoms with Gasteiger partial charge in [0.15, 0.2) is 0 Å². The van der Waals surface area contributed by atoms with Crippen LogP contribution in [0.3, 0.4) is 0 Å². The fraction of sp³-hybridized carbons (Fsp3) is 0.412. The van der Waals surface area contributed by atoms with Crippen LogP contribution in [0.15, 0.2) is 36.5 Å². The van der Waals surface area contributed by atoms with Gasteiger partial charge in [-0.2, -0.15) is 0 Å². The minimum Gasteiger partial charge on any atom is -0.353 e. The summed E-state index contributed by atoms with van der Waals surface area (Å²) in [6.07, 6.45) is 1.86. The number of hydrogen-bond acceptors (Lipinski definition) is 6. The highest BCUT2D eigenvalue weighted by Gasteiger charge is 2.31. The number of hydrogen-bond donors (Lipinski definition) is 3. The van der Waals surface area contributed by atoms with Crippen molar-refractivity contribution in [1.29, 1.82) is 0 Å². The Balaban J connectivity index is 1.64. The SMILES string of the molecule is CC(C)NC(=O)CSC1NNC(c2ccc3ncccc3c2)N1C. The second-order valence-corrected chi connectivity index (χ2v) is 7.27. The first-order chi connectivity index (χ1) is 11.5. The quantitative estimate of drug-likeness (QED) is 0.768. The van der Waals surface area contributed by atoms with Gasteiger partial charge in [-0.15, -0.1) is 11.8 Å². The normalized spacial score (nSPS) is 21.5. The molecule has 128 valence electrons. The molecule has 2 aromatic rings. The monoisotopic (exact) mass is 345 g/mol. The van der Waals surface area contributed by atoms with Gasteiger partial charge >= 0.3 is 0 Å². The first kappa shape index (κ1) is 17.2. The molecule has 1 amide bonds. The van der Waals surface area contributed by atoms with Gasteiger partial charge in [-0.1, -0.05) is 12.1 Å². The van der Waals surface area contributed by atoms with Crippen molar-refractivity contribution in [2.45, 2.75) is 31.6 Å².